The summed E-state index contributed by atoms with van der Waals surface area (Å²) in [5.41, 5.74) is -0.383. The van der Waals surface area contributed by atoms with E-state index in [1.807, 2.05) is 45.2 Å². The van der Waals surface area contributed by atoms with Gasteiger partial charge in [0.15, 0.2) is 0 Å². The van der Waals surface area contributed by atoms with Gasteiger partial charge < -0.3 is 25.0 Å². The van der Waals surface area contributed by atoms with Crippen LogP contribution in [0.15, 0.2) is 23.6 Å². The van der Waals surface area contributed by atoms with Crippen LogP contribution in [0.1, 0.15) is 85.3 Å². The summed E-state index contributed by atoms with van der Waals surface area (Å²) in [5, 5.41) is 9.43. The zero-order valence-corrected chi connectivity index (χ0v) is 33.4. The molecule has 6 atom stereocenters. The van der Waals surface area contributed by atoms with Crippen LogP contribution in [-0.2, 0) is 24.4 Å². The summed E-state index contributed by atoms with van der Waals surface area (Å²) >= 11 is 8.30. The maximum Gasteiger partial charge on any atom is 0.259 e. The normalized spacial score (nSPS) is 28.3. The lowest BCUT2D eigenvalue weighted by atomic mass is 9.84. The van der Waals surface area contributed by atoms with Crippen LogP contribution in [0.25, 0.3) is 21.6 Å². The molecule has 1 aromatic carbocycles. The van der Waals surface area contributed by atoms with Gasteiger partial charge in [0.25, 0.3) is 5.91 Å². The number of fused-ring (bicyclic) bond motifs is 2. The molecule has 4 fully saturated rings. The molecule has 0 unspecified atom stereocenters. The number of hydrogen-bond acceptors (Lipinski definition) is 11. The number of ether oxygens (including phenoxy) is 2. The lowest BCUT2D eigenvalue weighted by Gasteiger charge is -2.46. The van der Waals surface area contributed by atoms with E-state index in [4.69, 9.17) is 31.0 Å². The number of nitrogens with one attached hydrogen (secondary N) is 3. The highest BCUT2D eigenvalue weighted by Gasteiger charge is 2.63. The summed E-state index contributed by atoms with van der Waals surface area (Å²) in [4.78, 5) is 53.8. The molecule has 2 saturated carbocycles. The molecule has 0 bridgehead atoms. The Bertz CT molecular complexity index is 2090. The molecule has 2 aliphatic heterocycles. The first-order chi connectivity index (χ1) is 25.0. The highest BCUT2D eigenvalue weighted by Crippen LogP contribution is 2.48. The standard InChI is InChI=1S/C37H47ClN6O7S2/c1-8-20-15-37(20,34(46)43-53(48,49)21-9-10-21)42-32(45)25-14-29(26-16-39-36(6,19(4)5)35(47)44(25)26)51-28-13-23(33-41-24(17-52-33)18(2)3)40-31-22(28)11-12-27(50-7)30(31)38/h11-13,17-21,25-26,29,39H,8-10,14-16H2,1-7H3,(H,42,45)(H,43,46)/t20-,25+,26-,29-,36-,37-/m1/s1. The van der Waals surface area contributed by atoms with Crippen molar-refractivity contribution in [1.82, 2.24) is 30.2 Å². The Morgan fingerprint density at radius 2 is 1.91 bits per heavy atom. The van der Waals surface area contributed by atoms with Crippen LogP contribution in [0.3, 0.4) is 0 Å². The average molecular weight is 787 g/mol. The Labute approximate surface area is 319 Å². The third-order valence-corrected chi connectivity index (χ3v) is 14.7. The molecule has 4 heterocycles. The van der Waals surface area contributed by atoms with Gasteiger partial charge in [0.2, 0.25) is 21.8 Å². The first-order valence-electron chi connectivity index (χ1n) is 18.3. The molecule has 0 radical (unpaired) electrons. The number of benzene rings is 1. The van der Waals surface area contributed by atoms with Crippen LogP contribution in [0.2, 0.25) is 5.02 Å². The van der Waals surface area contributed by atoms with Crippen LogP contribution in [0.5, 0.6) is 11.5 Å². The molecule has 2 saturated heterocycles. The number of piperazine rings is 1. The van der Waals surface area contributed by atoms with Gasteiger partial charge >= 0.3 is 0 Å². The third kappa shape index (κ3) is 6.54. The van der Waals surface area contributed by atoms with Gasteiger partial charge in [-0.25, -0.2) is 18.4 Å². The van der Waals surface area contributed by atoms with Crippen molar-refractivity contribution in [2.75, 3.05) is 13.7 Å². The number of methoxy groups -OCH3 is 1. The van der Waals surface area contributed by atoms with E-state index in [1.165, 1.54) is 18.4 Å². The number of aromatic nitrogens is 2. The predicted molar refractivity (Wildman–Crippen MR) is 203 cm³/mol. The fraction of sp³-hybridized carbons (Fsp3) is 0.595. The van der Waals surface area contributed by atoms with Gasteiger partial charge in [-0.15, -0.1) is 11.3 Å². The lowest BCUT2D eigenvalue weighted by molar-refractivity contribution is -0.151. The van der Waals surface area contributed by atoms with E-state index in [0.717, 1.165) is 5.69 Å². The minimum absolute atomic E-state index is 0.102. The van der Waals surface area contributed by atoms with Gasteiger partial charge in [-0.3, -0.25) is 19.1 Å². The van der Waals surface area contributed by atoms with Crippen LogP contribution >= 0.6 is 22.9 Å². The van der Waals surface area contributed by atoms with Gasteiger partial charge in [0.1, 0.15) is 44.9 Å². The summed E-state index contributed by atoms with van der Waals surface area (Å²) < 4.78 is 40.1. The number of carbonyl (C=O) groups excluding carboxylic acids is 3. The van der Waals surface area contributed by atoms with Crippen LogP contribution < -0.4 is 24.8 Å². The van der Waals surface area contributed by atoms with Crippen molar-refractivity contribution in [3.8, 4) is 22.2 Å². The summed E-state index contributed by atoms with van der Waals surface area (Å²) in [7, 11) is -2.30. The Morgan fingerprint density at radius 1 is 1.17 bits per heavy atom. The zero-order valence-electron chi connectivity index (χ0n) is 31.0. The lowest BCUT2D eigenvalue weighted by Crippen LogP contribution is -2.71. The number of sulfonamides is 1. The molecule has 286 valence electrons. The monoisotopic (exact) mass is 786 g/mol. The summed E-state index contributed by atoms with van der Waals surface area (Å²) in [5.74, 6) is -0.706. The molecule has 3 N–H and O–H groups in total. The molecule has 0 spiro atoms. The van der Waals surface area contributed by atoms with Gasteiger partial charge in [-0.2, -0.15) is 0 Å². The number of hydrogen-bond donors (Lipinski definition) is 3. The van der Waals surface area contributed by atoms with Gasteiger partial charge in [0.05, 0.1) is 35.2 Å². The second-order valence-electron chi connectivity index (χ2n) is 15.6. The van der Waals surface area contributed by atoms with E-state index in [-0.39, 0.29) is 30.1 Å². The van der Waals surface area contributed by atoms with E-state index in [2.05, 4.69) is 29.2 Å². The number of nitrogens with zero attached hydrogens (tertiary/aromatic N) is 3. The fourth-order valence-electron chi connectivity index (χ4n) is 7.60. The van der Waals surface area contributed by atoms with E-state index in [9.17, 15) is 22.8 Å². The topological polar surface area (TPSA) is 169 Å². The third-order valence-electron chi connectivity index (χ3n) is 11.6. The van der Waals surface area contributed by atoms with Gasteiger partial charge in [0, 0.05) is 29.8 Å². The quantitative estimate of drug-likeness (QED) is 0.233. The van der Waals surface area contributed by atoms with Gasteiger partial charge in [-0.1, -0.05) is 52.6 Å². The Hall–Kier alpha value is -3.53. The van der Waals surface area contributed by atoms with E-state index in [0.29, 0.717) is 70.4 Å². The summed E-state index contributed by atoms with van der Waals surface area (Å²) in [6.45, 7) is 12.1. The van der Waals surface area contributed by atoms with Crippen molar-refractivity contribution < 1.29 is 32.3 Å². The molecule has 2 aromatic heterocycles. The number of thiazole rings is 1. The van der Waals surface area contributed by atoms with Gasteiger partial charge in [-0.05, 0) is 56.1 Å². The van der Waals surface area contributed by atoms with E-state index < -0.39 is 56.4 Å². The van der Waals surface area contributed by atoms with Crippen molar-refractivity contribution in [1.29, 1.82) is 0 Å². The number of carbonyl (C=O) groups is 3. The highest BCUT2D eigenvalue weighted by atomic mass is 35.5. The highest BCUT2D eigenvalue weighted by molar-refractivity contribution is 7.91. The molecule has 16 heteroatoms. The average Bonchev–Trinajstić information content (AvgIpc) is 4.01. The Morgan fingerprint density at radius 3 is 2.51 bits per heavy atom. The van der Waals surface area contributed by atoms with E-state index >= 15 is 0 Å². The fourth-order valence-corrected chi connectivity index (χ4v) is 10.2. The zero-order chi connectivity index (χ0) is 38.2. The molecule has 4 aliphatic rings. The first kappa shape index (κ1) is 37.8. The minimum atomic E-state index is -3.83. The van der Waals surface area contributed by atoms with Crippen molar-refractivity contribution in [2.24, 2.45) is 11.8 Å². The summed E-state index contributed by atoms with van der Waals surface area (Å²) in [6.07, 6.45) is 1.35. The van der Waals surface area contributed by atoms with E-state index in [1.54, 1.807) is 11.0 Å². The van der Waals surface area contributed by atoms with Crippen molar-refractivity contribution in [3.05, 3.63) is 34.3 Å². The number of amides is 3. The molecule has 13 nitrogen and oxygen atoms in total. The number of pyridine rings is 1. The Kier molecular flexibility index (Phi) is 9.72. The molecule has 53 heavy (non-hydrogen) atoms. The SMILES string of the molecule is CC[C@@H]1C[C@]1(NC(=O)[C@@H]1C[C@@H](Oc2cc(-c3nc(C(C)C)cs3)nc3c(Cl)c(OC)ccc23)[C@H]2CN[C@](C)(C(C)C)C(=O)N21)C(=O)NS(=O)(=O)C1CC1. The maximum atomic E-state index is 14.4. The van der Waals surface area contributed by atoms with Crippen LogP contribution in [0, 0.1) is 11.8 Å². The second-order valence-corrected chi connectivity index (χ2v) is 18.8. The van der Waals surface area contributed by atoms with Crippen molar-refractivity contribution in [3.63, 3.8) is 0 Å². The molecule has 2 aliphatic carbocycles. The Balaban J connectivity index is 1.24. The predicted octanol–water partition coefficient (Wildman–Crippen LogP) is 4.77. The van der Waals surface area contributed by atoms with Crippen molar-refractivity contribution >= 4 is 61.6 Å². The molecular weight excluding hydrogens is 740 g/mol. The molecule has 3 aromatic rings. The van der Waals surface area contributed by atoms with Crippen molar-refractivity contribution in [2.45, 2.75) is 114 Å². The van der Waals surface area contributed by atoms with Crippen LogP contribution in [-0.4, -0.2) is 89.2 Å². The number of halogens is 1. The smallest absolute Gasteiger partial charge is 0.259 e. The second kappa shape index (κ2) is 13.6. The molecule has 3 amide bonds. The maximum absolute atomic E-state index is 14.4. The number of rotatable bonds is 12. The first-order valence-corrected chi connectivity index (χ1v) is 21.1. The molecule has 7 rings (SSSR count). The van der Waals surface area contributed by atoms with Crippen LogP contribution in [0.4, 0.5) is 0 Å². The minimum Gasteiger partial charge on any atom is -0.495 e. The molecular formula is C37H47ClN6O7S2. The largest absolute Gasteiger partial charge is 0.495 e. The summed E-state index contributed by atoms with van der Waals surface area (Å²) in [6, 6.07) is 3.85.